The number of thioether (sulfide) groups is 1. The Morgan fingerprint density at radius 1 is 1.00 bits per heavy atom. The summed E-state index contributed by atoms with van der Waals surface area (Å²) in [5.41, 5.74) is 1.48. The summed E-state index contributed by atoms with van der Waals surface area (Å²) in [6.45, 7) is 3.39. The normalized spacial score (nSPS) is 20.2. The maximum absolute atomic E-state index is 12.8. The van der Waals surface area contributed by atoms with Crippen molar-refractivity contribution >= 4 is 17.7 Å². The molecule has 0 unspecified atom stereocenters. The van der Waals surface area contributed by atoms with Crippen molar-refractivity contribution in [1.82, 2.24) is 9.80 Å². The Hall–Kier alpha value is -1.99. The first-order valence-electron chi connectivity index (χ1n) is 9.32. The van der Waals surface area contributed by atoms with E-state index in [2.05, 4.69) is 17.0 Å². The van der Waals surface area contributed by atoms with Crippen LogP contribution in [0.4, 0.5) is 13.2 Å². The van der Waals surface area contributed by atoms with E-state index < -0.39 is 11.7 Å². The maximum atomic E-state index is 12.8. The van der Waals surface area contributed by atoms with E-state index in [0.29, 0.717) is 19.6 Å². The molecule has 2 aliphatic rings. The summed E-state index contributed by atoms with van der Waals surface area (Å²) < 4.78 is 38.0. The summed E-state index contributed by atoms with van der Waals surface area (Å²) in [6, 6.07) is 13.5. The third-order valence-electron chi connectivity index (χ3n) is 5.29. The van der Waals surface area contributed by atoms with Crippen LogP contribution >= 0.6 is 11.8 Å². The average molecular weight is 406 g/mol. The summed E-state index contributed by atoms with van der Waals surface area (Å²) in [6.07, 6.45) is -3.52. The molecule has 0 saturated carbocycles. The highest BCUT2D eigenvalue weighted by Crippen LogP contribution is 2.37. The van der Waals surface area contributed by atoms with E-state index in [0.717, 1.165) is 37.2 Å². The third kappa shape index (κ3) is 4.20. The molecule has 0 radical (unpaired) electrons. The summed E-state index contributed by atoms with van der Waals surface area (Å²) in [5.74, 6) is 0.190. The minimum absolute atomic E-state index is 0.0427. The summed E-state index contributed by atoms with van der Waals surface area (Å²) in [4.78, 5) is 18.1. The standard InChI is InChI=1S/C21H21F3N2OS/c22-21(23,24)17-7-5-15(6-8-17)14-25-9-11-26(12-10-25)20(27)19-13-16-3-1-2-4-18(16)28-19/h1-8,19H,9-14H2/t19-/m1/s1. The lowest BCUT2D eigenvalue weighted by atomic mass is 10.1. The van der Waals surface area contributed by atoms with Gasteiger partial charge in [0.1, 0.15) is 0 Å². The van der Waals surface area contributed by atoms with Crippen molar-refractivity contribution in [3.05, 3.63) is 65.2 Å². The third-order valence-corrected chi connectivity index (χ3v) is 6.60. The zero-order valence-electron chi connectivity index (χ0n) is 15.3. The molecule has 2 aliphatic heterocycles. The number of carbonyl (C=O) groups excluding carboxylic acids is 1. The Kier molecular flexibility index (Phi) is 5.38. The fourth-order valence-electron chi connectivity index (χ4n) is 3.71. The number of piperazine rings is 1. The second-order valence-electron chi connectivity index (χ2n) is 7.21. The highest BCUT2D eigenvalue weighted by atomic mass is 32.2. The lowest BCUT2D eigenvalue weighted by Crippen LogP contribution is -2.50. The number of hydrogen-bond donors (Lipinski definition) is 0. The van der Waals surface area contributed by atoms with Crippen LogP contribution in [-0.4, -0.2) is 47.1 Å². The maximum Gasteiger partial charge on any atom is 0.416 e. The highest BCUT2D eigenvalue weighted by Gasteiger charge is 2.33. The fraction of sp³-hybridized carbons (Fsp3) is 0.381. The molecule has 1 fully saturated rings. The zero-order chi connectivity index (χ0) is 19.7. The van der Waals surface area contributed by atoms with Crippen LogP contribution < -0.4 is 0 Å². The molecule has 0 aromatic heterocycles. The van der Waals surface area contributed by atoms with E-state index >= 15 is 0 Å². The molecule has 4 rings (SSSR count). The van der Waals surface area contributed by atoms with Crippen LogP contribution in [0.2, 0.25) is 0 Å². The molecule has 0 spiro atoms. The van der Waals surface area contributed by atoms with Crippen molar-refractivity contribution in [3.8, 4) is 0 Å². The van der Waals surface area contributed by atoms with Gasteiger partial charge in [-0.3, -0.25) is 9.69 Å². The van der Waals surface area contributed by atoms with Gasteiger partial charge in [-0.2, -0.15) is 13.2 Å². The van der Waals surface area contributed by atoms with Crippen molar-refractivity contribution in [2.75, 3.05) is 26.2 Å². The molecule has 28 heavy (non-hydrogen) atoms. The topological polar surface area (TPSA) is 23.6 Å². The molecular formula is C21H21F3N2OS. The molecule has 2 aromatic rings. The van der Waals surface area contributed by atoms with Gasteiger partial charge >= 0.3 is 6.18 Å². The van der Waals surface area contributed by atoms with Gasteiger partial charge in [-0.15, -0.1) is 11.8 Å². The number of rotatable bonds is 3. The molecule has 0 aliphatic carbocycles. The molecule has 0 bridgehead atoms. The van der Waals surface area contributed by atoms with Crippen molar-refractivity contribution in [2.45, 2.75) is 29.3 Å². The van der Waals surface area contributed by atoms with Gasteiger partial charge in [-0.05, 0) is 35.7 Å². The second kappa shape index (κ2) is 7.79. The van der Waals surface area contributed by atoms with Crippen molar-refractivity contribution < 1.29 is 18.0 Å². The molecule has 1 saturated heterocycles. The van der Waals surface area contributed by atoms with Crippen LogP contribution in [0, 0.1) is 0 Å². The number of hydrogen-bond acceptors (Lipinski definition) is 3. The SMILES string of the molecule is O=C([C@H]1Cc2ccccc2S1)N1CCN(Cc2ccc(C(F)(F)F)cc2)CC1. The minimum Gasteiger partial charge on any atom is -0.339 e. The van der Waals surface area contributed by atoms with Crippen molar-refractivity contribution in [3.63, 3.8) is 0 Å². The quantitative estimate of drug-likeness (QED) is 0.768. The average Bonchev–Trinajstić information content (AvgIpc) is 3.12. The summed E-state index contributed by atoms with van der Waals surface area (Å²) in [5, 5.41) is -0.0427. The van der Waals surface area contributed by atoms with Crippen LogP contribution in [0.3, 0.4) is 0 Å². The molecule has 1 atom stereocenters. The number of carbonyl (C=O) groups is 1. The molecule has 1 amide bonds. The second-order valence-corrected chi connectivity index (χ2v) is 8.46. The molecule has 148 valence electrons. The van der Waals surface area contributed by atoms with Crippen molar-refractivity contribution in [1.29, 1.82) is 0 Å². The Morgan fingerprint density at radius 3 is 2.32 bits per heavy atom. The predicted octanol–water partition coefficient (Wildman–Crippen LogP) is 4.07. The number of amides is 1. The number of nitrogens with zero attached hydrogens (tertiary/aromatic N) is 2. The van der Waals surface area contributed by atoms with Gasteiger partial charge in [-0.1, -0.05) is 30.3 Å². The molecule has 2 aromatic carbocycles. The van der Waals surface area contributed by atoms with Crippen LogP contribution in [-0.2, 0) is 23.9 Å². The predicted molar refractivity (Wildman–Crippen MR) is 103 cm³/mol. The molecule has 3 nitrogen and oxygen atoms in total. The van der Waals surface area contributed by atoms with E-state index in [4.69, 9.17) is 0 Å². The molecular weight excluding hydrogens is 385 g/mol. The summed E-state index contributed by atoms with van der Waals surface area (Å²) >= 11 is 1.65. The smallest absolute Gasteiger partial charge is 0.339 e. The fourth-order valence-corrected chi connectivity index (χ4v) is 4.99. The lowest BCUT2D eigenvalue weighted by Gasteiger charge is -2.35. The van der Waals surface area contributed by atoms with Gasteiger partial charge in [0.25, 0.3) is 0 Å². The van der Waals surface area contributed by atoms with Crippen LogP contribution in [0.25, 0.3) is 0 Å². The Balaban J connectivity index is 1.28. The van der Waals surface area contributed by atoms with Crippen LogP contribution in [0.1, 0.15) is 16.7 Å². The molecule has 2 heterocycles. The molecule has 0 N–H and O–H groups in total. The van der Waals surface area contributed by atoms with E-state index in [9.17, 15) is 18.0 Å². The van der Waals surface area contributed by atoms with Gasteiger partial charge in [0.2, 0.25) is 5.91 Å². The van der Waals surface area contributed by atoms with Crippen LogP contribution in [0.15, 0.2) is 53.4 Å². The first-order chi connectivity index (χ1) is 13.4. The van der Waals surface area contributed by atoms with Gasteiger partial charge < -0.3 is 4.90 Å². The van der Waals surface area contributed by atoms with Crippen molar-refractivity contribution in [2.24, 2.45) is 0 Å². The van der Waals surface area contributed by atoms with E-state index in [1.54, 1.807) is 11.8 Å². The highest BCUT2D eigenvalue weighted by molar-refractivity contribution is 8.01. The largest absolute Gasteiger partial charge is 0.416 e. The number of benzene rings is 2. The molecule has 7 heteroatoms. The van der Waals surface area contributed by atoms with E-state index in [1.165, 1.54) is 22.6 Å². The zero-order valence-corrected chi connectivity index (χ0v) is 16.1. The first-order valence-corrected chi connectivity index (χ1v) is 10.2. The van der Waals surface area contributed by atoms with Gasteiger partial charge in [0, 0.05) is 37.6 Å². The Bertz CT molecular complexity index is 820. The number of fused-ring (bicyclic) bond motifs is 1. The van der Waals surface area contributed by atoms with Gasteiger partial charge in [-0.25, -0.2) is 0 Å². The van der Waals surface area contributed by atoms with E-state index in [1.807, 2.05) is 17.0 Å². The lowest BCUT2D eigenvalue weighted by molar-refractivity contribution is -0.137. The van der Waals surface area contributed by atoms with Gasteiger partial charge in [0.05, 0.1) is 10.8 Å². The Labute approximate surface area is 166 Å². The Morgan fingerprint density at radius 2 is 1.68 bits per heavy atom. The minimum atomic E-state index is -4.30. The number of halogens is 3. The summed E-state index contributed by atoms with van der Waals surface area (Å²) in [7, 11) is 0. The monoisotopic (exact) mass is 406 g/mol. The van der Waals surface area contributed by atoms with Crippen LogP contribution in [0.5, 0.6) is 0 Å². The van der Waals surface area contributed by atoms with Gasteiger partial charge in [0.15, 0.2) is 0 Å². The van der Waals surface area contributed by atoms with E-state index in [-0.39, 0.29) is 11.2 Å². The number of alkyl halides is 3. The first kappa shape index (κ1) is 19.3.